The second kappa shape index (κ2) is 10.5. The van der Waals surface area contributed by atoms with Crippen LogP contribution in [0.2, 0.25) is 0 Å². The first-order valence-electron chi connectivity index (χ1n) is 11.4. The molecule has 3 aromatic carbocycles. The topological polar surface area (TPSA) is 113 Å². The van der Waals surface area contributed by atoms with Crippen LogP contribution in [0.5, 0.6) is 23.0 Å². The minimum atomic E-state index is -0.828. The summed E-state index contributed by atoms with van der Waals surface area (Å²) in [5, 5.41) is 29.2. The smallest absolute Gasteiger partial charge is 0.258 e. The Bertz CT molecular complexity index is 1160. The van der Waals surface area contributed by atoms with Crippen LogP contribution in [0.1, 0.15) is 59.6 Å². The molecule has 1 unspecified atom stereocenters. The molecular formula is C28H33NO5. The number of carbonyl (C=O) groups excluding carboxylic acids is 1. The van der Waals surface area contributed by atoms with E-state index in [9.17, 15) is 20.1 Å². The van der Waals surface area contributed by atoms with E-state index in [2.05, 4.69) is 13.8 Å². The molecule has 0 radical (unpaired) electrons. The Hall–Kier alpha value is -3.67. The van der Waals surface area contributed by atoms with Crippen LogP contribution in [0.4, 0.5) is 0 Å². The fourth-order valence-electron chi connectivity index (χ4n) is 4.13. The predicted octanol–water partition coefficient (Wildman–Crippen LogP) is 5.00. The first-order valence-corrected chi connectivity index (χ1v) is 11.4. The van der Waals surface area contributed by atoms with Crippen molar-refractivity contribution < 1.29 is 24.9 Å². The lowest BCUT2D eigenvalue weighted by molar-refractivity contribution is -0.124. The van der Waals surface area contributed by atoms with Crippen LogP contribution in [0.25, 0.3) is 0 Å². The monoisotopic (exact) mass is 463 g/mol. The Kier molecular flexibility index (Phi) is 7.72. The van der Waals surface area contributed by atoms with E-state index in [4.69, 9.17) is 10.5 Å². The van der Waals surface area contributed by atoms with Crippen LogP contribution >= 0.6 is 0 Å². The number of ether oxygens (including phenoxy) is 1. The molecule has 6 heteroatoms. The Labute approximate surface area is 200 Å². The van der Waals surface area contributed by atoms with E-state index in [1.54, 1.807) is 12.1 Å². The van der Waals surface area contributed by atoms with Crippen molar-refractivity contribution in [2.45, 2.75) is 59.0 Å². The van der Waals surface area contributed by atoms with Gasteiger partial charge < -0.3 is 25.8 Å². The quantitative estimate of drug-likeness (QED) is 0.334. The average molecular weight is 464 g/mol. The largest absolute Gasteiger partial charge is 0.508 e. The molecular weight excluding hydrogens is 430 g/mol. The standard InChI is InChI=1S/C28H33NO5/c1-16(2)22-13-20(6-8-24(22)30)14-23-17(3)11-21(12-18(23)4)34-27(28(29)33)10-7-19-5-9-25(31)26(32)15-19/h5-6,8-9,11-13,15-16,27,30-32H,7,10,14H2,1-4H3,(H2,29,33). The number of benzene rings is 3. The minimum Gasteiger partial charge on any atom is -0.508 e. The molecule has 0 spiro atoms. The van der Waals surface area contributed by atoms with Crippen LogP contribution in [-0.2, 0) is 17.6 Å². The molecule has 180 valence electrons. The van der Waals surface area contributed by atoms with Gasteiger partial charge >= 0.3 is 0 Å². The SMILES string of the molecule is Cc1cc(OC(CCc2ccc(O)c(O)c2)C(N)=O)cc(C)c1Cc1ccc(O)c(C(C)C)c1. The number of aryl methyl sites for hydroxylation is 3. The summed E-state index contributed by atoms with van der Waals surface area (Å²) in [6.07, 6.45) is 0.689. The van der Waals surface area contributed by atoms with Crippen LogP contribution in [0.3, 0.4) is 0 Å². The molecule has 6 nitrogen and oxygen atoms in total. The van der Waals surface area contributed by atoms with Crippen molar-refractivity contribution in [2.24, 2.45) is 5.73 Å². The summed E-state index contributed by atoms with van der Waals surface area (Å²) in [4.78, 5) is 12.0. The number of primary amides is 1. The van der Waals surface area contributed by atoms with Crippen LogP contribution in [-0.4, -0.2) is 27.3 Å². The lowest BCUT2D eigenvalue weighted by atomic mass is 9.93. The molecule has 0 saturated heterocycles. The number of phenolic OH excluding ortho intramolecular Hbond substituents is 3. The molecule has 5 N–H and O–H groups in total. The van der Waals surface area contributed by atoms with E-state index in [0.29, 0.717) is 24.3 Å². The Morgan fingerprint density at radius 3 is 2.09 bits per heavy atom. The highest BCUT2D eigenvalue weighted by Crippen LogP contribution is 2.30. The number of phenols is 3. The van der Waals surface area contributed by atoms with E-state index in [1.165, 1.54) is 17.7 Å². The second-order valence-corrected chi connectivity index (χ2v) is 9.13. The van der Waals surface area contributed by atoms with Gasteiger partial charge in [-0.25, -0.2) is 0 Å². The normalized spacial score (nSPS) is 12.0. The number of aromatic hydroxyl groups is 3. The third-order valence-electron chi connectivity index (χ3n) is 6.10. The lowest BCUT2D eigenvalue weighted by Gasteiger charge is -2.19. The molecule has 0 aliphatic carbocycles. The Morgan fingerprint density at radius 1 is 0.882 bits per heavy atom. The number of rotatable bonds is 9. The fourth-order valence-corrected chi connectivity index (χ4v) is 4.13. The third-order valence-corrected chi connectivity index (χ3v) is 6.10. The molecule has 3 aromatic rings. The van der Waals surface area contributed by atoms with Crippen molar-refractivity contribution in [1.29, 1.82) is 0 Å². The summed E-state index contributed by atoms with van der Waals surface area (Å²) in [7, 11) is 0. The van der Waals surface area contributed by atoms with Gasteiger partial charge in [-0.3, -0.25) is 4.79 Å². The molecule has 0 fully saturated rings. The molecule has 1 amide bonds. The maximum Gasteiger partial charge on any atom is 0.258 e. The van der Waals surface area contributed by atoms with E-state index >= 15 is 0 Å². The van der Waals surface area contributed by atoms with Crippen LogP contribution < -0.4 is 10.5 Å². The van der Waals surface area contributed by atoms with E-state index in [1.807, 2.05) is 38.1 Å². The maximum atomic E-state index is 12.0. The minimum absolute atomic E-state index is 0.190. The van der Waals surface area contributed by atoms with Crippen molar-refractivity contribution in [3.63, 3.8) is 0 Å². The number of hydrogen-bond donors (Lipinski definition) is 4. The first-order chi connectivity index (χ1) is 16.0. The fraction of sp³-hybridized carbons (Fsp3) is 0.321. The molecule has 0 aromatic heterocycles. The second-order valence-electron chi connectivity index (χ2n) is 9.13. The van der Waals surface area contributed by atoms with Crippen LogP contribution in [0.15, 0.2) is 48.5 Å². The van der Waals surface area contributed by atoms with Gasteiger partial charge in [0.05, 0.1) is 0 Å². The summed E-state index contributed by atoms with van der Waals surface area (Å²) in [6, 6.07) is 14.1. The summed E-state index contributed by atoms with van der Waals surface area (Å²) in [6.45, 7) is 8.14. The number of amides is 1. The molecule has 0 bridgehead atoms. The summed E-state index contributed by atoms with van der Waals surface area (Å²) in [5.41, 5.74) is 11.7. The molecule has 1 atom stereocenters. The zero-order chi connectivity index (χ0) is 25.0. The van der Waals surface area contributed by atoms with Crippen molar-refractivity contribution in [1.82, 2.24) is 0 Å². The van der Waals surface area contributed by atoms with E-state index in [-0.39, 0.29) is 17.4 Å². The Balaban J connectivity index is 1.75. The predicted molar refractivity (Wildman–Crippen MR) is 133 cm³/mol. The highest BCUT2D eigenvalue weighted by atomic mass is 16.5. The van der Waals surface area contributed by atoms with Gasteiger partial charge in [0.1, 0.15) is 11.5 Å². The number of carbonyl (C=O) groups is 1. The first kappa shape index (κ1) is 25.0. The highest BCUT2D eigenvalue weighted by Gasteiger charge is 2.19. The van der Waals surface area contributed by atoms with Crippen molar-refractivity contribution in [3.8, 4) is 23.0 Å². The van der Waals surface area contributed by atoms with Gasteiger partial charge in [0.15, 0.2) is 17.6 Å². The molecule has 0 heterocycles. The van der Waals surface area contributed by atoms with Gasteiger partial charge in [-0.1, -0.05) is 32.0 Å². The van der Waals surface area contributed by atoms with Crippen molar-refractivity contribution in [3.05, 3.63) is 81.9 Å². The van der Waals surface area contributed by atoms with E-state index < -0.39 is 12.0 Å². The third kappa shape index (κ3) is 6.01. The molecule has 0 saturated carbocycles. The molecule has 34 heavy (non-hydrogen) atoms. The van der Waals surface area contributed by atoms with Gasteiger partial charge in [-0.2, -0.15) is 0 Å². The highest BCUT2D eigenvalue weighted by molar-refractivity contribution is 5.79. The lowest BCUT2D eigenvalue weighted by Crippen LogP contribution is -2.34. The molecule has 3 rings (SSSR count). The zero-order valence-electron chi connectivity index (χ0n) is 20.1. The summed E-state index contributed by atoms with van der Waals surface area (Å²) >= 11 is 0. The average Bonchev–Trinajstić information content (AvgIpc) is 2.76. The maximum absolute atomic E-state index is 12.0. The van der Waals surface area contributed by atoms with Gasteiger partial charge in [-0.15, -0.1) is 0 Å². The molecule has 0 aliphatic heterocycles. The summed E-state index contributed by atoms with van der Waals surface area (Å²) in [5.74, 6) is 0.165. The van der Waals surface area contributed by atoms with Crippen molar-refractivity contribution in [2.75, 3.05) is 0 Å². The number of nitrogens with two attached hydrogens (primary N) is 1. The van der Waals surface area contributed by atoms with Gasteiger partial charge in [0.25, 0.3) is 5.91 Å². The number of hydrogen-bond acceptors (Lipinski definition) is 5. The summed E-state index contributed by atoms with van der Waals surface area (Å²) < 4.78 is 5.97. The van der Waals surface area contributed by atoms with Gasteiger partial charge in [-0.05, 0) is 103 Å². The van der Waals surface area contributed by atoms with Crippen molar-refractivity contribution >= 4 is 5.91 Å². The van der Waals surface area contributed by atoms with Gasteiger partial charge in [0.2, 0.25) is 0 Å². The van der Waals surface area contributed by atoms with Gasteiger partial charge in [0, 0.05) is 0 Å². The Morgan fingerprint density at radius 2 is 1.50 bits per heavy atom. The van der Waals surface area contributed by atoms with E-state index in [0.717, 1.165) is 34.2 Å². The van der Waals surface area contributed by atoms with Crippen LogP contribution in [0, 0.1) is 13.8 Å². The molecule has 0 aliphatic rings. The zero-order valence-corrected chi connectivity index (χ0v) is 20.1.